The highest BCUT2D eigenvalue weighted by atomic mass is 32.2. The maximum absolute atomic E-state index is 12.8. The highest BCUT2D eigenvalue weighted by Crippen LogP contribution is 2.38. The van der Waals surface area contributed by atoms with Gasteiger partial charge in [0.15, 0.2) is 5.16 Å². The Morgan fingerprint density at radius 3 is 2.71 bits per heavy atom. The monoisotopic (exact) mass is 308 g/mol. The molecule has 2 aromatic rings. The first-order chi connectivity index (χ1) is 10.3. The standard InChI is InChI=1S/C14H17FN4OS/c15-10-1-5-12(6-2-10)20-7-8-21-14-18-17-13(9-16)19(14)11-3-4-11/h1-2,5-6,11H,3-4,7-9,16H2. The molecule has 112 valence electrons. The van der Waals surface area contributed by atoms with Crippen molar-refractivity contribution >= 4 is 11.8 Å². The van der Waals surface area contributed by atoms with Crippen molar-refractivity contribution in [2.75, 3.05) is 12.4 Å². The van der Waals surface area contributed by atoms with E-state index in [0.717, 1.165) is 16.7 Å². The van der Waals surface area contributed by atoms with Crippen LogP contribution in [-0.4, -0.2) is 27.1 Å². The zero-order valence-corrected chi connectivity index (χ0v) is 12.4. The molecule has 7 heteroatoms. The molecule has 1 aliphatic rings. The van der Waals surface area contributed by atoms with Gasteiger partial charge >= 0.3 is 0 Å². The molecule has 1 saturated carbocycles. The van der Waals surface area contributed by atoms with Gasteiger partial charge in [-0.05, 0) is 37.1 Å². The minimum atomic E-state index is -0.261. The summed E-state index contributed by atoms with van der Waals surface area (Å²) < 4.78 is 20.5. The average Bonchev–Trinajstić information content (AvgIpc) is 3.26. The molecule has 1 fully saturated rings. The number of nitrogens with two attached hydrogens (primary N) is 1. The fourth-order valence-electron chi connectivity index (χ4n) is 2.07. The second-order valence-electron chi connectivity index (χ2n) is 4.85. The van der Waals surface area contributed by atoms with E-state index in [0.29, 0.717) is 24.9 Å². The molecule has 0 unspecified atom stereocenters. The lowest BCUT2D eigenvalue weighted by atomic mass is 10.3. The number of halogens is 1. The summed E-state index contributed by atoms with van der Waals surface area (Å²) in [6.45, 7) is 0.946. The van der Waals surface area contributed by atoms with Crippen molar-refractivity contribution < 1.29 is 9.13 Å². The third-order valence-corrected chi connectivity index (χ3v) is 4.13. The smallest absolute Gasteiger partial charge is 0.191 e. The Hall–Kier alpha value is -1.60. The van der Waals surface area contributed by atoms with E-state index in [1.807, 2.05) is 0 Å². The van der Waals surface area contributed by atoms with Crippen LogP contribution in [0.1, 0.15) is 24.7 Å². The summed E-state index contributed by atoms with van der Waals surface area (Å²) in [5, 5.41) is 9.23. The molecule has 0 bridgehead atoms. The van der Waals surface area contributed by atoms with E-state index in [2.05, 4.69) is 14.8 Å². The number of benzene rings is 1. The number of hydrogen-bond donors (Lipinski definition) is 1. The van der Waals surface area contributed by atoms with Crippen LogP contribution in [0, 0.1) is 5.82 Å². The van der Waals surface area contributed by atoms with Crippen LogP contribution in [0.4, 0.5) is 4.39 Å². The molecular weight excluding hydrogens is 291 g/mol. The van der Waals surface area contributed by atoms with Crippen LogP contribution in [0.15, 0.2) is 29.4 Å². The van der Waals surface area contributed by atoms with E-state index in [1.54, 1.807) is 23.9 Å². The zero-order chi connectivity index (χ0) is 14.7. The van der Waals surface area contributed by atoms with Crippen LogP contribution < -0.4 is 10.5 Å². The minimum Gasteiger partial charge on any atom is -0.493 e. The van der Waals surface area contributed by atoms with Gasteiger partial charge < -0.3 is 15.0 Å². The molecule has 0 saturated heterocycles. The molecular formula is C14H17FN4OS. The Labute approximate surface area is 126 Å². The third kappa shape index (κ3) is 3.54. The van der Waals surface area contributed by atoms with Crippen LogP contribution in [0.2, 0.25) is 0 Å². The first kappa shape index (κ1) is 14.3. The topological polar surface area (TPSA) is 66.0 Å². The molecule has 0 aliphatic heterocycles. The Morgan fingerprint density at radius 1 is 1.29 bits per heavy atom. The van der Waals surface area contributed by atoms with Gasteiger partial charge in [-0.1, -0.05) is 11.8 Å². The zero-order valence-electron chi connectivity index (χ0n) is 11.5. The number of nitrogens with zero attached hydrogens (tertiary/aromatic N) is 3. The van der Waals surface area contributed by atoms with Crippen molar-refractivity contribution in [1.29, 1.82) is 0 Å². The lowest BCUT2D eigenvalue weighted by Gasteiger charge is -2.08. The van der Waals surface area contributed by atoms with Crippen molar-refractivity contribution in [1.82, 2.24) is 14.8 Å². The molecule has 0 radical (unpaired) electrons. The fourth-order valence-corrected chi connectivity index (χ4v) is 2.91. The molecule has 3 rings (SSSR count). The lowest BCUT2D eigenvalue weighted by Crippen LogP contribution is -2.08. The molecule has 1 aromatic heterocycles. The highest BCUT2D eigenvalue weighted by molar-refractivity contribution is 7.99. The van der Waals surface area contributed by atoms with Gasteiger partial charge in [-0.3, -0.25) is 0 Å². The van der Waals surface area contributed by atoms with Crippen molar-refractivity contribution in [2.45, 2.75) is 30.6 Å². The molecule has 1 heterocycles. The number of thioether (sulfide) groups is 1. The summed E-state index contributed by atoms with van der Waals surface area (Å²) in [7, 11) is 0. The number of hydrogen-bond acceptors (Lipinski definition) is 5. The number of rotatable bonds is 7. The van der Waals surface area contributed by atoms with E-state index >= 15 is 0 Å². The Kier molecular flexibility index (Phi) is 4.40. The van der Waals surface area contributed by atoms with Crippen LogP contribution >= 0.6 is 11.8 Å². The summed E-state index contributed by atoms with van der Waals surface area (Å²) in [5.74, 6) is 2.01. The summed E-state index contributed by atoms with van der Waals surface area (Å²) in [6, 6.07) is 6.54. The second-order valence-corrected chi connectivity index (χ2v) is 5.92. The predicted molar refractivity (Wildman–Crippen MR) is 78.8 cm³/mol. The van der Waals surface area contributed by atoms with Crippen LogP contribution in [0.25, 0.3) is 0 Å². The van der Waals surface area contributed by atoms with Crippen molar-refractivity contribution in [3.05, 3.63) is 35.9 Å². The largest absolute Gasteiger partial charge is 0.493 e. The summed E-state index contributed by atoms with van der Waals surface area (Å²) in [6.07, 6.45) is 2.34. The fraction of sp³-hybridized carbons (Fsp3) is 0.429. The molecule has 1 aromatic carbocycles. The number of aromatic nitrogens is 3. The Balaban J connectivity index is 1.51. The van der Waals surface area contributed by atoms with Crippen LogP contribution in [-0.2, 0) is 6.54 Å². The normalized spacial score (nSPS) is 14.4. The Morgan fingerprint density at radius 2 is 2.05 bits per heavy atom. The van der Waals surface area contributed by atoms with Gasteiger partial charge in [0.05, 0.1) is 13.2 Å². The number of ether oxygens (including phenoxy) is 1. The molecule has 5 nitrogen and oxygen atoms in total. The quantitative estimate of drug-likeness (QED) is 0.628. The molecule has 0 atom stereocenters. The first-order valence-electron chi connectivity index (χ1n) is 6.93. The van der Waals surface area contributed by atoms with E-state index in [1.165, 1.54) is 25.0 Å². The van der Waals surface area contributed by atoms with Gasteiger partial charge in [-0.2, -0.15) is 0 Å². The first-order valence-corrected chi connectivity index (χ1v) is 7.91. The van der Waals surface area contributed by atoms with E-state index in [9.17, 15) is 4.39 Å². The van der Waals surface area contributed by atoms with Gasteiger partial charge in [0, 0.05) is 11.8 Å². The third-order valence-electron chi connectivity index (χ3n) is 3.23. The van der Waals surface area contributed by atoms with Crippen molar-refractivity contribution in [3.8, 4) is 5.75 Å². The molecule has 0 spiro atoms. The van der Waals surface area contributed by atoms with Gasteiger partial charge in [0.25, 0.3) is 0 Å². The summed E-state index contributed by atoms with van der Waals surface area (Å²) in [4.78, 5) is 0. The molecule has 0 amide bonds. The minimum absolute atomic E-state index is 0.261. The maximum Gasteiger partial charge on any atom is 0.191 e. The van der Waals surface area contributed by atoms with E-state index in [-0.39, 0.29) is 5.82 Å². The molecule has 21 heavy (non-hydrogen) atoms. The summed E-state index contributed by atoms with van der Waals surface area (Å²) in [5.41, 5.74) is 5.68. The van der Waals surface area contributed by atoms with Crippen LogP contribution in [0.3, 0.4) is 0 Å². The predicted octanol–water partition coefficient (Wildman–Crippen LogP) is 2.38. The van der Waals surface area contributed by atoms with Gasteiger partial charge in [-0.15, -0.1) is 10.2 Å². The van der Waals surface area contributed by atoms with Gasteiger partial charge in [0.1, 0.15) is 17.4 Å². The maximum atomic E-state index is 12.8. The van der Waals surface area contributed by atoms with Crippen molar-refractivity contribution in [2.24, 2.45) is 5.73 Å². The Bertz CT molecular complexity index is 598. The molecule has 2 N–H and O–H groups in total. The van der Waals surface area contributed by atoms with E-state index in [4.69, 9.17) is 10.5 Å². The van der Waals surface area contributed by atoms with Gasteiger partial charge in [0.2, 0.25) is 0 Å². The molecule has 1 aliphatic carbocycles. The highest BCUT2D eigenvalue weighted by Gasteiger charge is 2.29. The average molecular weight is 308 g/mol. The lowest BCUT2D eigenvalue weighted by molar-refractivity contribution is 0.343. The van der Waals surface area contributed by atoms with Crippen molar-refractivity contribution in [3.63, 3.8) is 0 Å². The SMILES string of the molecule is NCc1nnc(SCCOc2ccc(F)cc2)n1C1CC1. The van der Waals surface area contributed by atoms with Gasteiger partial charge in [-0.25, -0.2) is 4.39 Å². The second kappa shape index (κ2) is 6.44. The summed E-state index contributed by atoms with van der Waals surface area (Å²) >= 11 is 1.61. The van der Waals surface area contributed by atoms with E-state index < -0.39 is 0 Å². The van der Waals surface area contributed by atoms with Crippen LogP contribution in [0.5, 0.6) is 5.75 Å².